The Bertz CT molecular complexity index is 322. The number of aromatic nitrogens is 2. The number of rotatable bonds is 5. The van der Waals surface area contributed by atoms with Crippen LogP contribution in [0.1, 0.15) is 30.3 Å². The van der Waals surface area contributed by atoms with Crippen LogP contribution in [0.3, 0.4) is 0 Å². The number of nitrogens with zero attached hydrogens (tertiary/aromatic N) is 2. The SMILES string of the molecule is CCC(O)CCNC(=O)c1ccnn1C. The van der Waals surface area contributed by atoms with E-state index >= 15 is 0 Å². The lowest BCUT2D eigenvalue weighted by molar-refractivity contribution is 0.0932. The Labute approximate surface area is 89.1 Å². The standard InChI is InChI=1S/C10H17N3O2/c1-3-8(14)4-6-11-10(15)9-5-7-12-13(9)2/h5,7-8,14H,3-4,6H2,1-2H3,(H,11,15). The van der Waals surface area contributed by atoms with E-state index in [0.717, 1.165) is 0 Å². The molecule has 1 amide bonds. The van der Waals surface area contributed by atoms with Crippen LogP contribution in [0.5, 0.6) is 0 Å². The van der Waals surface area contributed by atoms with Crippen LogP contribution in [0.4, 0.5) is 0 Å². The molecule has 0 bridgehead atoms. The summed E-state index contributed by atoms with van der Waals surface area (Å²) in [6, 6.07) is 1.66. The molecular weight excluding hydrogens is 194 g/mol. The molecule has 2 N–H and O–H groups in total. The van der Waals surface area contributed by atoms with Crippen molar-refractivity contribution in [1.82, 2.24) is 15.1 Å². The lowest BCUT2D eigenvalue weighted by atomic mass is 10.2. The van der Waals surface area contributed by atoms with E-state index in [0.29, 0.717) is 25.1 Å². The number of aryl methyl sites for hydroxylation is 1. The van der Waals surface area contributed by atoms with Crippen molar-refractivity contribution in [1.29, 1.82) is 0 Å². The number of carbonyl (C=O) groups excluding carboxylic acids is 1. The summed E-state index contributed by atoms with van der Waals surface area (Å²) >= 11 is 0. The number of amides is 1. The van der Waals surface area contributed by atoms with E-state index in [2.05, 4.69) is 10.4 Å². The summed E-state index contributed by atoms with van der Waals surface area (Å²) in [7, 11) is 1.72. The van der Waals surface area contributed by atoms with E-state index in [4.69, 9.17) is 0 Å². The molecule has 5 heteroatoms. The van der Waals surface area contributed by atoms with E-state index in [9.17, 15) is 9.90 Å². The van der Waals surface area contributed by atoms with E-state index in [1.165, 1.54) is 4.68 Å². The molecule has 0 aliphatic carbocycles. The molecule has 0 aromatic carbocycles. The minimum atomic E-state index is -0.336. The van der Waals surface area contributed by atoms with Gasteiger partial charge in [0.25, 0.3) is 5.91 Å². The Balaban J connectivity index is 2.34. The molecule has 1 rings (SSSR count). The van der Waals surface area contributed by atoms with Gasteiger partial charge in [0.1, 0.15) is 5.69 Å². The minimum Gasteiger partial charge on any atom is -0.393 e. The van der Waals surface area contributed by atoms with Crippen molar-refractivity contribution in [2.24, 2.45) is 7.05 Å². The van der Waals surface area contributed by atoms with Gasteiger partial charge in [-0.25, -0.2) is 0 Å². The summed E-state index contributed by atoms with van der Waals surface area (Å²) in [6.45, 7) is 2.40. The van der Waals surface area contributed by atoms with Crippen molar-refractivity contribution in [3.63, 3.8) is 0 Å². The Hall–Kier alpha value is -1.36. The summed E-state index contributed by atoms with van der Waals surface area (Å²) in [5, 5.41) is 15.9. The van der Waals surface area contributed by atoms with E-state index in [-0.39, 0.29) is 12.0 Å². The Morgan fingerprint density at radius 1 is 1.73 bits per heavy atom. The largest absolute Gasteiger partial charge is 0.393 e. The molecule has 0 aliphatic rings. The number of hydrogen-bond donors (Lipinski definition) is 2. The molecule has 5 nitrogen and oxygen atoms in total. The third-order valence-electron chi connectivity index (χ3n) is 2.29. The zero-order chi connectivity index (χ0) is 11.3. The van der Waals surface area contributed by atoms with Crippen LogP contribution in [0.2, 0.25) is 0 Å². The zero-order valence-corrected chi connectivity index (χ0v) is 9.10. The fourth-order valence-corrected chi connectivity index (χ4v) is 1.24. The molecule has 0 spiro atoms. The van der Waals surface area contributed by atoms with Gasteiger partial charge in [-0.1, -0.05) is 6.92 Å². The summed E-state index contributed by atoms with van der Waals surface area (Å²) in [6.07, 6.45) is 2.54. The predicted molar refractivity (Wildman–Crippen MR) is 56.5 cm³/mol. The Morgan fingerprint density at radius 2 is 2.47 bits per heavy atom. The molecule has 1 aromatic rings. The van der Waals surface area contributed by atoms with Gasteiger partial charge in [-0.15, -0.1) is 0 Å². The van der Waals surface area contributed by atoms with Crippen LogP contribution < -0.4 is 5.32 Å². The molecule has 1 aromatic heterocycles. The van der Waals surface area contributed by atoms with Crippen LogP contribution in [-0.2, 0) is 7.05 Å². The molecular formula is C10H17N3O2. The van der Waals surface area contributed by atoms with Crippen LogP contribution in [0.25, 0.3) is 0 Å². The third-order valence-corrected chi connectivity index (χ3v) is 2.29. The summed E-state index contributed by atoms with van der Waals surface area (Å²) in [4.78, 5) is 11.5. The fourth-order valence-electron chi connectivity index (χ4n) is 1.24. The number of aliphatic hydroxyl groups excluding tert-OH is 1. The van der Waals surface area contributed by atoms with Crippen molar-refractivity contribution in [3.8, 4) is 0 Å². The Kier molecular flexibility index (Phi) is 4.30. The van der Waals surface area contributed by atoms with Crippen molar-refractivity contribution in [2.45, 2.75) is 25.9 Å². The molecule has 15 heavy (non-hydrogen) atoms. The van der Waals surface area contributed by atoms with Gasteiger partial charge in [-0.2, -0.15) is 5.10 Å². The zero-order valence-electron chi connectivity index (χ0n) is 9.10. The first kappa shape index (κ1) is 11.7. The van der Waals surface area contributed by atoms with Gasteiger partial charge in [0.15, 0.2) is 0 Å². The quantitative estimate of drug-likeness (QED) is 0.736. The molecule has 1 heterocycles. The van der Waals surface area contributed by atoms with Crippen LogP contribution in [-0.4, -0.2) is 33.4 Å². The fraction of sp³-hybridized carbons (Fsp3) is 0.600. The maximum absolute atomic E-state index is 11.5. The molecule has 1 unspecified atom stereocenters. The van der Waals surface area contributed by atoms with Gasteiger partial charge in [0.05, 0.1) is 6.10 Å². The first-order chi connectivity index (χ1) is 7.15. The van der Waals surface area contributed by atoms with Crippen LogP contribution in [0.15, 0.2) is 12.3 Å². The summed E-state index contributed by atoms with van der Waals surface area (Å²) in [5.41, 5.74) is 0.529. The van der Waals surface area contributed by atoms with E-state index in [1.807, 2.05) is 6.92 Å². The van der Waals surface area contributed by atoms with Gasteiger partial charge >= 0.3 is 0 Å². The number of hydrogen-bond acceptors (Lipinski definition) is 3. The van der Waals surface area contributed by atoms with E-state index < -0.39 is 0 Å². The highest BCUT2D eigenvalue weighted by molar-refractivity contribution is 5.92. The topological polar surface area (TPSA) is 67.2 Å². The number of carbonyl (C=O) groups is 1. The molecule has 0 saturated carbocycles. The second-order valence-electron chi connectivity index (χ2n) is 3.45. The van der Waals surface area contributed by atoms with Gasteiger partial charge in [-0.05, 0) is 18.9 Å². The van der Waals surface area contributed by atoms with E-state index in [1.54, 1.807) is 19.3 Å². The highest BCUT2D eigenvalue weighted by Crippen LogP contribution is 1.97. The smallest absolute Gasteiger partial charge is 0.269 e. The molecule has 0 saturated heterocycles. The summed E-state index contributed by atoms with van der Waals surface area (Å²) < 4.78 is 1.52. The monoisotopic (exact) mass is 211 g/mol. The highest BCUT2D eigenvalue weighted by atomic mass is 16.3. The molecule has 0 radical (unpaired) electrons. The first-order valence-electron chi connectivity index (χ1n) is 5.09. The van der Waals surface area contributed by atoms with Gasteiger partial charge in [-0.3, -0.25) is 9.48 Å². The second kappa shape index (κ2) is 5.50. The van der Waals surface area contributed by atoms with Crippen molar-refractivity contribution in [3.05, 3.63) is 18.0 Å². The maximum atomic E-state index is 11.5. The summed E-state index contributed by atoms with van der Waals surface area (Å²) in [5.74, 6) is -0.154. The minimum absolute atomic E-state index is 0.154. The molecule has 84 valence electrons. The van der Waals surface area contributed by atoms with Gasteiger partial charge in [0, 0.05) is 19.8 Å². The lowest BCUT2D eigenvalue weighted by Gasteiger charge is -2.08. The van der Waals surface area contributed by atoms with Crippen LogP contribution >= 0.6 is 0 Å². The predicted octanol–water partition coefficient (Wildman–Crippen LogP) is 0.311. The highest BCUT2D eigenvalue weighted by Gasteiger charge is 2.09. The number of nitrogens with one attached hydrogen (secondary N) is 1. The van der Waals surface area contributed by atoms with Crippen molar-refractivity contribution < 1.29 is 9.90 Å². The first-order valence-corrected chi connectivity index (χ1v) is 5.09. The van der Waals surface area contributed by atoms with Gasteiger partial charge < -0.3 is 10.4 Å². The normalized spacial score (nSPS) is 12.5. The van der Waals surface area contributed by atoms with Crippen molar-refractivity contribution in [2.75, 3.05) is 6.54 Å². The maximum Gasteiger partial charge on any atom is 0.269 e. The average molecular weight is 211 g/mol. The van der Waals surface area contributed by atoms with Crippen LogP contribution in [0, 0.1) is 0 Å². The third kappa shape index (κ3) is 3.36. The molecule has 1 atom stereocenters. The second-order valence-corrected chi connectivity index (χ2v) is 3.45. The van der Waals surface area contributed by atoms with Crippen molar-refractivity contribution >= 4 is 5.91 Å². The van der Waals surface area contributed by atoms with Gasteiger partial charge in [0.2, 0.25) is 0 Å². The lowest BCUT2D eigenvalue weighted by Crippen LogP contribution is -2.28. The molecule has 0 fully saturated rings. The number of aliphatic hydroxyl groups is 1. The molecule has 0 aliphatic heterocycles. The Morgan fingerprint density at radius 3 is 3.00 bits per heavy atom. The average Bonchev–Trinajstić information content (AvgIpc) is 2.64.